The van der Waals surface area contributed by atoms with E-state index in [1.54, 1.807) is 13.8 Å². The molecule has 3 N–H and O–H groups in total. The van der Waals surface area contributed by atoms with E-state index >= 15 is 0 Å². The first-order chi connectivity index (χ1) is 7.54. The normalized spacial score (nSPS) is 10.8. The van der Waals surface area contributed by atoms with Crippen LogP contribution in [0.3, 0.4) is 0 Å². The molecule has 6 nitrogen and oxygen atoms in total. The number of aliphatic hydroxyl groups is 2. The van der Waals surface area contributed by atoms with E-state index in [-0.39, 0.29) is 13.2 Å². The Morgan fingerprint density at radius 3 is 1.69 bits per heavy atom. The van der Waals surface area contributed by atoms with E-state index in [1.807, 2.05) is 0 Å². The van der Waals surface area contributed by atoms with Gasteiger partial charge in [0.2, 0.25) is 0 Å². The molecule has 0 saturated heterocycles. The van der Waals surface area contributed by atoms with Crippen LogP contribution in [0.15, 0.2) is 0 Å². The Morgan fingerprint density at radius 1 is 1.06 bits per heavy atom. The predicted molar refractivity (Wildman–Crippen MR) is 63.8 cm³/mol. The van der Waals surface area contributed by atoms with Crippen molar-refractivity contribution < 1.29 is 23.8 Å². The van der Waals surface area contributed by atoms with Gasteiger partial charge < -0.3 is 24.6 Å². The maximum absolute atomic E-state index is 11.0. The van der Waals surface area contributed by atoms with Gasteiger partial charge in [-0.15, -0.1) is 0 Å². The fourth-order valence-electron chi connectivity index (χ4n) is 0.789. The predicted octanol–water partition coefficient (Wildman–Crippen LogP) is 0.443. The molecule has 7 heteroatoms. The van der Waals surface area contributed by atoms with Gasteiger partial charge in [0.25, 0.3) is 0 Å². The second kappa shape index (κ2) is 13.1. The van der Waals surface area contributed by atoms with Crippen molar-refractivity contribution in [2.75, 3.05) is 46.2 Å². The van der Waals surface area contributed by atoms with Crippen LogP contribution >= 0.6 is 7.60 Å². The van der Waals surface area contributed by atoms with Crippen LogP contribution < -0.4 is 5.32 Å². The summed E-state index contributed by atoms with van der Waals surface area (Å²) in [6.07, 6.45) is 0. The first-order valence-corrected chi connectivity index (χ1v) is 7.32. The highest BCUT2D eigenvalue weighted by atomic mass is 31.2. The lowest BCUT2D eigenvalue weighted by Crippen LogP contribution is -2.21. The lowest BCUT2D eigenvalue weighted by molar-refractivity contribution is 0.225. The molecule has 0 fully saturated rings. The molecule has 16 heavy (non-hydrogen) atoms. The fourth-order valence-corrected chi connectivity index (χ4v) is 1.80. The van der Waals surface area contributed by atoms with Gasteiger partial charge in [0, 0.05) is 19.8 Å². The van der Waals surface area contributed by atoms with E-state index in [0.717, 1.165) is 0 Å². The van der Waals surface area contributed by atoms with Gasteiger partial charge in [-0.3, -0.25) is 4.57 Å². The number of aliphatic hydroxyl groups excluding tert-OH is 2. The van der Waals surface area contributed by atoms with Crippen molar-refractivity contribution in [3.05, 3.63) is 0 Å². The van der Waals surface area contributed by atoms with Crippen molar-refractivity contribution in [2.45, 2.75) is 13.8 Å². The molecule has 100 valence electrons. The number of hydrogen-bond acceptors (Lipinski definition) is 6. The van der Waals surface area contributed by atoms with Crippen LogP contribution in [-0.2, 0) is 13.6 Å². The van der Waals surface area contributed by atoms with Crippen LogP contribution in [0.4, 0.5) is 0 Å². The van der Waals surface area contributed by atoms with Crippen molar-refractivity contribution >= 4 is 7.60 Å². The molecule has 0 aromatic rings. The second-order valence-electron chi connectivity index (χ2n) is 2.80. The Morgan fingerprint density at radius 2 is 1.44 bits per heavy atom. The summed E-state index contributed by atoms with van der Waals surface area (Å²) in [5.74, 6) is 0. The second-order valence-corrected chi connectivity index (χ2v) is 4.86. The molecule has 0 aliphatic rings. The smallest absolute Gasteiger partial charge is 0.327 e. The third-order valence-electron chi connectivity index (χ3n) is 1.30. The zero-order chi connectivity index (χ0) is 12.9. The minimum Gasteiger partial charge on any atom is -0.395 e. The van der Waals surface area contributed by atoms with Crippen molar-refractivity contribution in [1.82, 2.24) is 5.32 Å². The molecule has 0 heterocycles. The van der Waals surface area contributed by atoms with Gasteiger partial charge in [0.1, 0.15) is 0 Å². The van der Waals surface area contributed by atoms with E-state index in [9.17, 15) is 4.57 Å². The van der Waals surface area contributed by atoms with E-state index in [0.29, 0.717) is 26.3 Å². The minimum absolute atomic E-state index is 0.139. The first-order valence-electron chi connectivity index (χ1n) is 5.33. The van der Waals surface area contributed by atoms with Crippen molar-refractivity contribution in [1.29, 1.82) is 0 Å². The highest BCUT2D eigenvalue weighted by molar-refractivity contribution is 7.52. The third kappa shape index (κ3) is 16.5. The topological polar surface area (TPSA) is 88.0 Å². The van der Waals surface area contributed by atoms with E-state index in [4.69, 9.17) is 19.3 Å². The number of hydrogen-bond donors (Lipinski definition) is 3. The van der Waals surface area contributed by atoms with Crippen molar-refractivity contribution in [2.24, 2.45) is 0 Å². The highest BCUT2D eigenvalue weighted by Crippen LogP contribution is 2.43. The van der Waals surface area contributed by atoms with Crippen molar-refractivity contribution in [3.63, 3.8) is 0 Å². The maximum atomic E-state index is 11.0. The van der Waals surface area contributed by atoms with Crippen LogP contribution in [0.1, 0.15) is 13.8 Å². The molecular weight excluding hydrogens is 233 g/mol. The highest BCUT2D eigenvalue weighted by Gasteiger charge is 2.13. The lowest BCUT2D eigenvalue weighted by atomic mass is 10.6. The molecule has 0 atom stereocenters. The third-order valence-corrected chi connectivity index (χ3v) is 2.76. The van der Waals surface area contributed by atoms with Gasteiger partial charge in [-0.25, -0.2) is 0 Å². The van der Waals surface area contributed by atoms with Crippen LogP contribution in [0.5, 0.6) is 0 Å². The molecule has 0 bridgehead atoms. The van der Waals surface area contributed by atoms with Crippen molar-refractivity contribution in [3.8, 4) is 0 Å². The Balaban J connectivity index is 0. The molecule has 0 unspecified atom stereocenters. The Hall–Kier alpha value is 0.0300. The maximum Gasteiger partial charge on any atom is 0.327 e. The summed E-state index contributed by atoms with van der Waals surface area (Å²) in [5, 5.41) is 19.1. The Kier molecular flexibility index (Phi) is 15.1. The quantitative estimate of drug-likeness (QED) is 0.432. The van der Waals surface area contributed by atoms with Crippen LogP contribution in [-0.4, -0.2) is 56.4 Å². The minimum atomic E-state index is -2.69. The Bertz CT molecular complexity index is 165. The van der Waals surface area contributed by atoms with E-state index in [1.165, 1.54) is 6.66 Å². The van der Waals surface area contributed by atoms with Gasteiger partial charge >= 0.3 is 7.60 Å². The Labute approximate surface area is 97.5 Å². The molecule has 0 rings (SSSR count). The molecule has 0 saturated carbocycles. The summed E-state index contributed by atoms with van der Waals surface area (Å²) < 4.78 is 20.6. The molecule has 0 aliphatic heterocycles. The summed E-state index contributed by atoms with van der Waals surface area (Å²) in [5.41, 5.74) is 0. The zero-order valence-electron chi connectivity index (χ0n) is 10.3. The van der Waals surface area contributed by atoms with Crippen LogP contribution in [0, 0.1) is 0 Å². The number of rotatable bonds is 8. The number of nitrogens with one attached hydrogen (secondary N) is 1. The standard InChI is InChI=1S/C5H13O3P.C4H11NO2/c1-4-7-9(3,6)8-5-2;6-3-1-5-2-4-7/h4-5H2,1-3H3;5-7H,1-4H2. The zero-order valence-corrected chi connectivity index (χ0v) is 11.2. The van der Waals surface area contributed by atoms with Crippen LogP contribution in [0.25, 0.3) is 0 Å². The van der Waals surface area contributed by atoms with Gasteiger partial charge in [-0.2, -0.15) is 0 Å². The average molecular weight is 257 g/mol. The fraction of sp³-hybridized carbons (Fsp3) is 1.00. The summed E-state index contributed by atoms with van der Waals surface area (Å²) in [7, 11) is -2.69. The monoisotopic (exact) mass is 257 g/mol. The van der Waals surface area contributed by atoms with Crippen LogP contribution in [0.2, 0.25) is 0 Å². The molecule has 0 spiro atoms. The SMILES string of the molecule is CCOP(C)(=O)OCC.OCCNCCO. The molecular formula is C9H24NO5P. The largest absolute Gasteiger partial charge is 0.395 e. The molecule has 0 radical (unpaired) electrons. The molecule has 0 aromatic heterocycles. The molecule has 0 aromatic carbocycles. The van der Waals surface area contributed by atoms with E-state index in [2.05, 4.69) is 5.32 Å². The first kappa shape index (κ1) is 18.4. The lowest BCUT2D eigenvalue weighted by Gasteiger charge is -2.10. The average Bonchev–Trinajstić information content (AvgIpc) is 2.19. The van der Waals surface area contributed by atoms with Gasteiger partial charge in [-0.1, -0.05) is 0 Å². The summed E-state index contributed by atoms with van der Waals surface area (Å²) in [6.45, 7) is 7.34. The summed E-state index contributed by atoms with van der Waals surface area (Å²) in [4.78, 5) is 0. The molecule has 0 amide bonds. The molecule has 0 aliphatic carbocycles. The van der Waals surface area contributed by atoms with Gasteiger partial charge in [0.05, 0.1) is 26.4 Å². The van der Waals surface area contributed by atoms with Gasteiger partial charge in [-0.05, 0) is 13.8 Å². The summed E-state index contributed by atoms with van der Waals surface area (Å²) in [6, 6.07) is 0. The summed E-state index contributed by atoms with van der Waals surface area (Å²) >= 11 is 0. The van der Waals surface area contributed by atoms with E-state index < -0.39 is 7.60 Å². The van der Waals surface area contributed by atoms with Gasteiger partial charge in [0.15, 0.2) is 0 Å².